The number of sulfonamides is 1. The smallest absolute Gasteiger partial charge is 0.243 e. The minimum atomic E-state index is -4.61. The molecule has 0 aliphatic rings. The number of rotatable bonds is 4. The zero-order valence-corrected chi connectivity index (χ0v) is 14.3. The maximum Gasteiger partial charge on any atom is 0.243 e. The van der Waals surface area contributed by atoms with Gasteiger partial charge in [-0.05, 0) is 29.8 Å². The van der Waals surface area contributed by atoms with Crippen molar-refractivity contribution in [3.05, 3.63) is 59.4 Å². The van der Waals surface area contributed by atoms with E-state index in [1.807, 2.05) is 6.07 Å². The molecule has 0 bridgehead atoms. The highest BCUT2D eigenvalue weighted by Gasteiger charge is 2.25. The van der Waals surface area contributed by atoms with Crippen molar-refractivity contribution < 1.29 is 26.8 Å². The van der Waals surface area contributed by atoms with Gasteiger partial charge in [0, 0.05) is 5.56 Å². The number of halogens is 2. The second-order valence-electron chi connectivity index (χ2n) is 5.49. The summed E-state index contributed by atoms with van der Waals surface area (Å²) in [6, 6.07) is 9.67. The van der Waals surface area contributed by atoms with Gasteiger partial charge in [-0.3, -0.25) is 0 Å². The Morgan fingerprint density at radius 3 is 2.41 bits per heavy atom. The molecule has 2 aromatic carbocycles. The molecule has 138 valence electrons. The highest BCUT2D eigenvalue weighted by molar-refractivity contribution is 7.89. The van der Waals surface area contributed by atoms with Gasteiger partial charge in [0.15, 0.2) is 10.7 Å². The first-order valence-corrected chi connectivity index (χ1v) is 8.93. The summed E-state index contributed by atoms with van der Waals surface area (Å²) in [6.45, 7) is -0.625. The van der Waals surface area contributed by atoms with Crippen molar-refractivity contribution in [1.82, 2.24) is 5.16 Å². The molecule has 0 amide bonds. The molecule has 0 atom stereocenters. The lowest BCUT2D eigenvalue weighted by Crippen LogP contribution is -2.16. The van der Waals surface area contributed by atoms with E-state index in [-0.39, 0.29) is 22.6 Å². The molecule has 1 aromatic heterocycles. The van der Waals surface area contributed by atoms with Crippen LogP contribution in [0.3, 0.4) is 0 Å². The van der Waals surface area contributed by atoms with Crippen molar-refractivity contribution in [2.75, 3.05) is 0 Å². The molecular weight excluding hydrogens is 380 g/mol. The Labute approximate surface area is 152 Å². The van der Waals surface area contributed by atoms with Gasteiger partial charge in [0.25, 0.3) is 0 Å². The van der Waals surface area contributed by atoms with Crippen molar-refractivity contribution >= 4 is 10.0 Å². The van der Waals surface area contributed by atoms with E-state index in [2.05, 4.69) is 5.16 Å². The van der Waals surface area contributed by atoms with Crippen molar-refractivity contribution in [1.29, 1.82) is 5.26 Å². The molecule has 10 heteroatoms. The number of benzene rings is 2. The molecule has 3 N–H and O–H groups in total. The van der Waals surface area contributed by atoms with E-state index in [9.17, 15) is 22.3 Å². The molecule has 3 aromatic rings. The van der Waals surface area contributed by atoms with Crippen LogP contribution in [0, 0.1) is 23.0 Å². The Morgan fingerprint density at radius 1 is 1.19 bits per heavy atom. The van der Waals surface area contributed by atoms with Gasteiger partial charge in [-0.25, -0.2) is 22.3 Å². The van der Waals surface area contributed by atoms with E-state index in [1.54, 1.807) is 18.2 Å². The van der Waals surface area contributed by atoms with Crippen LogP contribution >= 0.6 is 0 Å². The summed E-state index contributed by atoms with van der Waals surface area (Å²) in [5.41, 5.74) is 0.794. The zero-order valence-electron chi connectivity index (χ0n) is 13.5. The van der Waals surface area contributed by atoms with Gasteiger partial charge in [0.2, 0.25) is 10.0 Å². The summed E-state index contributed by atoms with van der Waals surface area (Å²) in [5, 5.41) is 27.1. The molecule has 0 radical (unpaired) electrons. The fourth-order valence-electron chi connectivity index (χ4n) is 2.64. The molecule has 0 aliphatic carbocycles. The molecule has 0 fully saturated rings. The monoisotopic (exact) mass is 391 g/mol. The predicted molar refractivity (Wildman–Crippen MR) is 89.3 cm³/mol. The van der Waals surface area contributed by atoms with E-state index >= 15 is 0 Å². The van der Waals surface area contributed by atoms with Crippen LogP contribution in [0.5, 0.6) is 0 Å². The summed E-state index contributed by atoms with van der Waals surface area (Å²) in [5.74, 6) is -2.88. The summed E-state index contributed by atoms with van der Waals surface area (Å²) < 4.78 is 56.2. The van der Waals surface area contributed by atoms with E-state index in [1.165, 1.54) is 6.07 Å². The van der Waals surface area contributed by atoms with Gasteiger partial charge in [-0.2, -0.15) is 5.26 Å². The number of aliphatic hydroxyl groups excluding tert-OH is 1. The first-order valence-electron chi connectivity index (χ1n) is 7.38. The summed E-state index contributed by atoms with van der Waals surface area (Å²) in [4.78, 5) is -1.26. The summed E-state index contributed by atoms with van der Waals surface area (Å²) >= 11 is 0. The number of hydrogen-bond donors (Lipinski definition) is 2. The lowest BCUT2D eigenvalue weighted by molar-refractivity contribution is 0.230. The second-order valence-corrected chi connectivity index (χ2v) is 6.99. The topological polar surface area (TPSA) is 130 Å². The fourth-order valence-corrected chi connectivity index (χ4v) is 3.30. The number of aromatic nitrogens is 1. The first kappa shape index (κ1) is 18.7. The van der Waals surface area contributed by atoms with Crippen LogP contribution in [0.15, 0.2) is 45.8 Å². The molecule has 1 heterocycles. The van der Waals surface area contributed by atoms with Gasteiger partial charge < -0.3 is 9.63 Å². The van der Waals surface area contributed by atoms with Crippen molar-refractivity contribution in [3.8, 4) is 28.5 Å². The minimum absolute atomic E-state index is 0.0614. The van der Waals surface area contributed by atoms with Gasteiger partial charge >= 0.3 is 0 Å². The van der Waals surface area contributed by atoms with Crippen LogP contribution in [0.2, 0.25) is 0 Å². The molecular formula is C17H11F2N3O4S. The lowest BCUT2D eigenvalue weighted by Gasteiger charge is -2.08. The highest BCUT2D eigenvalue weighted by atomic mass is 32.2. The molecule has 0 saturated carbocycles. The van der Waals surface area contributed by atoms with Crippen LogP contribution in [0.25, 0.3) is 22.4 Å². The van der Waals surface area contributed by atoms with Crippen molar-refractivity contribution in [2.24, 2.45) is 5.14 Å². The van der Waals surface area contributed by atoms with Gasteiger partial charge in [0.05, 0.1) is 17.2 Å². The average Bonchev–Trinajstić information content (AvgIpc) is 3.04. The largest absolute Gasteiger partial charge is 0.388 e. The molecule has 7 nitrogen and oxygen atoms in total. The summed E-state index contributed by atoms with van der Waals surface area (Å²) in [7, 11) is -4.61. The molecule has 3 rings (SSSR count). The predicted octanol–water partition coefficient (Wildman–Crippen LogP) is 2.30. The maximum absolute atomic E-state index is 14.2. The SMILES string of the molecule is N#Cc1cccc(-c2noc(CO)c2-c2cc(F)c(S(N)(=O)=O)c(F)c2)c1. The standard InChI is InChI=1S/C17H11F2N3O4S/c18-12-5-11(6-13(19)17(12)27(21,24)25)15-14(8-23)26-22-16(15)10-3-1-2-9(4-10)7-20/h1-6,23H,8H2,(H2,21,24,25). The summed E-state index contributed by atoms with van der Waals surface area (Å²) in [6.07, 6.45) is 0. The third-order valence-electron chi connectivity index (χ3n) is 3.74. The zero-order chi connectivity index (χ0) is 19.8. The quantitative estimate of drug-likeness (QED) is 0.702. The van der Waals surface area contributed by atoms with E-state index < -0.39 is 33.2 Å². The van der Waals surface area contributed by atoms with Gasteiger partial charge in [-0.15, -0.1) is 0 Å². The highest BCUT2D eigenvalue weighted by Crippen LogP contribution is 2.36. The minimum Gasteiger partial charge on any atom is -0.388 e. The van der Waals surface area contributed by atoms with E-state index in [4.69, 9.17) is 14.9 Å². The van der Waals surface area contributed by atoms with Crippen LogP contribution in [-0.2, 0) is 16.6 Å². The van der Waals surface area contributed by atoms with Gasteiger partial charge in [-0.1, -0.05) is 17.3 Å². The molecule has 0 aliphatic heterocycles. The molecule has 0 unspecified atom stereocenters. The average molecular weight is 391 g/mol. The Bertz CT molecular complexity index is 1160. The Balaban J connectivity index is 2.27. The number of nitrogens with zero attached hydrogens (tertiary/aromatic N) is 2. The first-order chi connectivity index (χ1) is 12.8. The Hall–Kier alpha value is -3.13. The van der Waals surface area contributed by atoms with Crippen LogP contribution in [0.4, 0.5) is 8.78 Å². The number of hydrogen-bond acceptors (Lipinski definition) is 6. The van der Waals surface area contributed by atoms with Gasteiger partial charge in [0.1, 0.15) is 23.9 Å². The van der Waals surface area contributed by atoms with Crippen LogP contribution in [-0.4, -0.2) is 18.7 Å². The maximum atomic E-state index is 14.2. The van der Waals surface area contributed by atoms with Crippen molar-refractivity contribution in [2.45, 2.75) is 11.5 Å². The normalized spacial score (nSPS) is 11.4. The molecule has 0 spiro atoms. The Morgan fingerprint density at radius 2 is 1.85 bits per heavy atom. The molecule has 27 heavy (non-hydrogen) atoms. The second kappa shape index (κ2) is 6.88. The van der Waals surface area contributed by atoms with E-state index in [0.717, 1.165) is 12.1 Å². The number of nitriles is 1. The Kier molecular flexibility index (Phi) is 4.75. The number of primary sulfonamides is 1. The van der Waals surface area contributed by atoms with Crippen LogP contribution < -0.4 is 5.14 Å². The van der Waals surface area contributed by atoms with Crippen LogP contribution in [0.1, 0.15) is 11.3 Å². The third kappa shape index (κ3) is 3.43. The fraction of sp³-hybridized carbons (Fsp3) is 0.0588. The molecule has 0 saturated heterocycles. The number of aliphatic hydroxyl groups is 1. The van der Waals surface area contributed by atoms with Crippen molar-refractivity contribution in [3.63, 3.8) is 0 Å². The third-order valence-corrected chi connectivity index (χ3v) is 4.70. The van der Waals surface area contributed by atoms with E-state index in [0.29, 0.717) is 11.1 Å². The number of nitrogens with two attached hydrogens (primary N) is 1. The lowest BCUT2D eigenvalue weighted by atomic mass is 9.98.